The van der Waals surface area contributed by atoms with Crippen molar-refractivity contribution in [3.8, 4) is 11.5 Å². The molecule has 0 amide bonds. The molecule has 1 aliphatic heterocycles. The zero-order chi connectivity index (χ0) is 13.4. The lowest BCUT2D eigenvalue weighted by Gasteiger charge is -2.24. The van der Waals surface area contributed by atoms with Gasteiger partial charge in [-0.05, 0) is 31.0 Å². The Labute approximate surface area is 102 Å². The predicted octanol–water partition coefficient (Wildman–Crippen LogP) is 2.97. The molecule has 1 aromatic rings. The zero-order valence-electron chi connectivity index (χ0n) is 9.75. The minimum atomic E-state index is -4.28. The van der Waals surface area contributed by atoms with Crippen molar-refractivity contribution in [2.75, 3.05) is 6.79 Å². The quantitative estimate of drug-likeness (QED) is 0.910. The molecule has 1 aliphatic rings. The Kier molecular flexibility index (Phi) is 3.14. The van der Waals surface area contributed by atoms with Gasteiger partial charge >= 0.3 is 6.18 Å². The molecule has 0 aromatic heterocycles. The Morgan fingerprint density at radius 1 is 1.17 bits per heavy atom. The molecule has 2 rings (SSSR count). The lowest BCUT2D eigenvalue weighted by atomic mass is 9.91. The first-order chi connectivity index (χ1) is 8.28. The van der Waals surface area contributed by atoms with E-state index in [0.717, 1.165) is 0 Å². The molecule has 18 heavy (non-hydrogen) atoms. The lowest BCUT2D eigenvalue weighted by Crippen LogP contribution is -2.24. The summed E-state index contributed by atoms with van der Waals surface area (Å²) >= 11 is 0. The normalized spacial score (nSPS) is 17.6. The van der Waals surface area contributed by atoms with Crippen LogP contribution in [-0.4, -0.2) is 18.1 Å². The minimum absolute atomic E-state index is 0.0868. The number of hydrogen-bond acceptors (Lipinski definition) is 3. The summed E-state index contributed by atoms with van der Waals surface area (Å²) in [6, 6.07) is 4.64. The van der Waals surface area contributed by atoms with Crippen LogP contribution in [0.25, 0.3) is 0 Å². The Balaban J connectivity index is 2.14. The average molecular weight is 262 g/mol. The van der Waals surface area contributed by atoms with Gasteiger partial charge in [-0.3, -0.25) is 0 Å². The molecule has 0 radical (unpaired) electrons. The van der Waals surface area contributed by atoms with Crippen molar-refractivity contribution in [2.24, 2.45) is 0 Å². The molecular formula is C12H13F3O3. The molecule has 100 valence electrons. The zero-order valence-corrected chi connectivity index (χ0v) is 9.75. The Morgan fingerprint density at radius 2 is 1.83 bits per heavy atom. The Bertz CT molecular complexity index is 441. The smallest absolute Gasteiger partial charge is 0.389 e. The summed E-state index contributed by atoms with van der Waals surface area (Å²) in [6.45, 7) is 1.44. The fraction of sp³-hybridized carbons (Fsp3) is 0.500. The fourth-order valence-electron chi connectivity index (χ4n) is 1.76. The predicted molar refractivity (Wildman–Crippen MR) is 57.4 cm³/mol. The van der Waals surface area contributed by atoms with Crippen LogP contribution in [0, 0.1) is 0 Å². The standard InChI is InChI=1S/C12H13F3O3/c1-11(16,4-5-12(13,14)15)8-2-3-9-10(6-8)18-7-17-9/h2-3,6,16H,4-5,7H2,1H3. The molecule has 0 saturated carbocycles. The van der Waals surface area contributed by atoms with Gasteiger partial charge in [0.1, 0.15) is 0 Å². The van der Waals surface area contributed by atoms with E-state index < -0.39 is 24.6 Å². The maximum atomic E-state index is 12.2. The van der Waals surface area contributed by atoms with Crippen molar-refractivity contribution in [3.05, 3.63) is 23.8 Å². The highest BCUT2D eigenvalue weighted by atomic mass is 19.4. The first-order valence-electron chi connectivity index (χ1n) is 5.47. The number of aliphatic hydroxyl groups is 1. The number of hydrogen-bond donors (Lipinski definition) is 1. The lowest BCUT2D eigenvalue weighted by molar-refractivity contribution is -0.146. The molecule has 6 heteroatoms. The molecule has 0 saturated heterocycles. The van der Waals surface area contributed by atoms with E-state index in [1.165, 1.54) is 13.0 Å². The van der Waals surface area contributed by atoms with Gasteiger partial charge in [0.2, 0.25) is 6.79 Å². The molecule has 1 heterocycles. The van der Waals surface area contributed by atoms with Gasteiger partial charge in [0.05, 0.1) is 5.60 Å². The van der Waals surface area contributed by atoms with Crippen molar-refractivity contribution >= 4 is 0 Å². The second kappa shape index (κ2) is 4.35. The van der Waals surface area contributed by atoms with Crippen LogP contribution in [0.2, 0.25) is 0 Å². The molecule has 1 unspecified atom stereocenters. The largest absolute Gasteiger partial charge is 0.454 e. The monoisotopic (exact) mass is 262 g/mol. The van der Waals surface area contributed by atoms with Gasteiger partial charge in [-0.15, -0.1) is 0 Å². The topological polar surface area (TPSA) is 38.7 Å². The summed E-state index contributed by atoms with van der Waals surface area (Å²) in [5.41, 5.74) is -1.16. The number of halogens is 3. The Hall–Kier alpha value is -1.43. The van der Waals surface area contributed by atoms with Gasteiger partial charge < -0.3 is 14.6 Å². The van der Waals surface area contributed by atoms with Crippen molar-refractivity contribution in [3.63, 3.8) is 0 Å². The van der Waals surface area contributed by atoms with Crippen molar-refractivity contribution in [2.45, 2.75) is 31.5 Å². The van der Waals surface area contributed by atoms with Gasteiger partial charge in [-0.25, -0.2) is 0 Å². The highest BCUT2D eigenvalue weighted by Gasteiger charge is 2.33. The van der Waals surface area contributed by atoms with Crippen molar-refractivity contribution in [1.29, 1.82) is 0 Å². The van der Waals surface area contributed by atoms with Gasteiger partial charge in [0, 0.05) is 6.42 Å². The first-order valence-corrected chi connectivity index (χ1v) is 5.47. The van der Waals surface area contributed by atoms with Gasteiger partial charge in [0.15, 0.2) is 11.5 Å². The van der Waals surface area contributed by atoms with Crippen LogP contribution in [0.4, 0.5) is 13.2 Å². The molecule has 1 atom stereocenters. The van der Waals surface area contributed by atoms with E-state index in [4.69, 9.17) is 9.47 Å². The molecule has 0 aliphatic carbocycles. The van der Waals surface area contributed by atoms with E-state index in [1.807, 2.05) is 0 Å². The van der Waals surface area contributed by atoms with E-state index in [1.54, 1.807) is 12.1 Å². The van der Waals surface area contributed by atoms with Crippen LogP contribution in [0.5, 0.6) is 11.5 Å². The molecule has 3 nitrogen and oxygen atoms in total. The minimum Gasteiger partial charge on any atom is -0.454 e. The van der Waals surface area contributed by atoms with Crippen LogP contribution in [-0.2, 0) is 5.60 Å². The van der Waals surface area contributed by atoms with Crippen LogP contribution < -0.4 is 9.47 Å². The third-order valence-electron chi connectivity index (χ3n) is 2.89. The summed E-state index contributed by atoms with van der Waals surface area (Å²) in [4.78, 5) is 0. The number of benzene rings is 1. The first kappa shape index (κ1) is 13.0. The van der Waals surface area contributed by atoms with Crippen LogP contribution in [0.3, 0.4) is 0 Å². The number of fused-ring (bicyclic) bond motifs is 1. The summed E-state index contributed by atoms with van der Waals surface area (Å²) < 4.78 is 46.7. The Morgan fingerprint density at radius 3 is 2.50 bits per heavy atom. The average Bonchev–Trinajstić information content (AvgIpc) is 2.72. The van der Waals surface area contributed by atoms with Gasteiger partial charge in [-0.2, -0.15) is 13.2 Å². The third-order valence-corrected chi connectivity index (χ3v) is 2.89. The molecule has 0 fully saturated rings. The molecule has 0 spiro atoms. The van der Waals surface area contributed by atoms with E-state index in [2.05, 4.69) is 0 Å². The molecule has 1 aromatic carbocycles. The van der Waals surface area contributed by atoms with Crippen LogP contribution >= 0.6 is 0 Å². The highest BCUT2D eigenvalue weighted by molar-refractivity contribution is 5.45. The highest BCUT2D eigenvalue weighted by Crippen LogP contribution is 2.38. The number of alkyl halides is 3. The summed E-state index contributed by atoms with van der Waals surface area (Å²) in [6.07, 6.45) is -5.70. The third kappa shape index (κ3) is 2.87. The van der Waals surface area contributed by atoms with Crippen molar-refractivity contribution < 1.29 is 27.8 Å². The molecule has 1 N–H and O–H groups in total. The van der Waals surface area contributed by atoms with E-state index in [9.17, 15) is 18.3 Å². The van der Waals surface area contributed by atoms with Crippen LogP contribution in [0.15, 0.2) is 18.2 Å². The second-order valence-corrected chi connectivity index (χ2v) is 4.46. The maximum absolute atomic E-state index is 12.2. The SMILES string of the molecule is CC(O)(CCC(F)(F)F)c1ccc2c(c1)OCO2. The van der Waals surface area contributed by atoms with E-state index >= 15 is 0 Å². The van der Waals surface area contributed by atoms with Crippen molar-refractivity contribution in [1.82, 2.24) is 0 Å². The summed E-state index contributed by atoms with van der Waals surface area (Å²) in [7, 11) is 0. The summed E-state index contributed by atoms with van der Waals surface area (Å²) in [5, 5.41) is 10.1. The summed E-state index contributed by atoms with van der Waals surface area (Å²) in [5.74, 6) is 0.977. The number of ether oxygens (including phenoxy) is 2. The van der Waals surface area contributed by atoms with Gasteiger partial charge in [0.25, 0.3) is 0 Å². The van der Waals surface area contributed by atoms with E-state index in [0.29, 0.717) is 17.1 Å². The second-order valence-electron chi connectivity index (χ2n) is 4.46. The van der Waals surface area contributed by atoms with E-state index in [-0.39, 0.29) is 6.79 Å². The number of rotatable bonds is 3. The van der Waals surface area contributed by atoms with Crippen LogP contribution in [0.1, 0.15) is 25.3 Å². The maximum Gasteiger partial charge on any atom is 0.389 e. The van der Waals surface area contributed by atoms with Gasteiger partial charge in [-0.1, -0.05) is 6.07 Å². The molecular weight excluding hydrogens is 249 g/mol. The fourth-order valence-corrected chi connectivity index (χ4v) is 1.76. The molecule has 0 bridgehead atoms.